The van der Waals surface area contributed by atoms with E-state index in [0.717, 1.165) is 0 Å². The van der Waals surface area contributed by atoms with Gasteiger partial charge in [-0.1, -0.05) is 0 Å². The van der Waals surface area contributed by atoms with E-state index in [1.807, 2.05) is 0 Å². The summed E-state index contributed by atoms with van der Waals surface area (Å²) in [5.41, 5.74) is -0.0360. The summed E-state index contributed by atoms with van der Waals surface area (Å²) in [6, 6.07) is 0. The first-order valence-corrected chi connectivity index (χ1v) is 5.36. The lowest BCUT2D eigenvalue weighted by Crippen LogP contribution is -2.08. The molecule has 0 atom stereocenters. The molecule has 0 saturated carbocycles. The molecule has 1 aromatic rings. The van der Waals surface area contributed by atoms with E-state index >= 15 is 0 Å². The number of methoxy groups -OCH3 is 2. The number of carbonyl (C=O) groups is 1. The van der Waals surface area contributed by atoms with E-state index in [1.165, 1.54) is 20.4 Å². The summed E-state index contributed by atoms with van der Waals surface area (Å²) in [4.78, 5) is 14.7. The lowest BCUT2D eigenvalue weighted by Gasteiger charge is -2.12. The highest BCUT2D eigenvalue weighted by Gasteiger charge is 2.21. The first-order chi connectivity index (χ1) is 8.01. The number of carbonyl (C=O) groups excluding carboxylic acids is 1. The summed E-state index contributed by atoms with van der Waals surface area (Å²) >= 11 is 2.99. The molecule has 0 spiro atoms. The van der Waals surface area contributed by atoms with Crippen molar-refractivity contribution in [2.24, 2.45) is 0 Å². The number of halogens is 3. The summed E-state index contributed by atoms with van der Waals surface area (Å²) < 4.78 is 34.7. The highest BCUT2D eigenvalue weighted by molar-refractivity contribution is 9.10. The lowest BCUT2D eigenvalue weighted by atomic mass is 10.1. The van der Waals surface area contributed by atoms with Crippen molar-refractivity contribution in [1.82, 2.24) is 4.98 Å². The first-order valence-electron chi connectivity index (χ1n) is 4.57. The quantitative estimate of drug-likeness (QED) is 0.802. The van der Waals surface area contributed by atoms with Gasteiger partial charge in [-0.3, -0.25) is 9.78 Å². The average Bonchev–Trinajstić information content (AvgIpc) is 2.28. The maximum absolute atomic E-state index is 12.6. The van der Waals surface area contributed by atoms with Gasteiger partial charge in [0.2, 0.25) is 0 Å². The van der Waals surface area contributed by atoms with E-state index in [0.29, 0.717) is 5.56 Å². The number of esters is 1. The number of hydrogen-bond donors (Lipinski definition) is 0. The minimum Gasteiger partial charge on any atom is -0.495 e. The molecule has 1 aromatic heterocycles. The molecule has 94 valence electrons. The molecule has 7 heteroatoms. The minimum absolute atomic E-state index is 0.0522. The van der Waals surface area contributed by atoms with Crippen LogP contribution in [0.4, 0.5) is 8.78 Å². The van der Waals surface area contributed by atoms with E-state index in [2.05, 4.69) is 25.7 Å². The minimum atomic E-state index is -2.72. The predicted octanol–water partition coefficient (Wildman–Crippen LogP) is 2.51. The molecule has 0 saturated heterocycles. The fourth-order valence-electron chi connectivity index (χ4n) is 1.25. The Hall–Kier alpha value is -1.24. The highest BCUT2D eigenvalue weighted by Crippen LogP contribution is 2.35. The Kier molecular flexibility index (Phi) is 4.80. The fraction of sp³-hybridized carbons (Fsp3) is 0.400. The zero-order chi connectivity index (χ0) is 13.0. The van der Waals surface area contributed by atoms with Crippen LogP contribution in [-0.2, 0) is 16.0 Å². The summed E-state index contributed by atoms with van der Waals surface area (Å²) in [7, 11) is 2.57. The molecular formula is C10H10BrF2NO3. The summed E-state index contributed by atoms with van der Waals surface area (Å²) in [6.45, 7) is 0. The predicted molar refractivity (Wildman–Crippen MR) is 59.2 cm³/mol. The van der Waals surface area contributed by atoms with Gasteiger partial charge in [-0.25, -0.2) is 8.78 Å². The van der Waals surface area contributed by atoms with Crippen LogP contribution in [0.15, 0.2) is 10.7 Å². The Morgan fingerprint density at radius 3 is 2.65 bits per heavy atom. The Bertz CT molecular complexity index is 426. The molecule has 0 aliphatic heterocycles. The molecule has 1 rings (SSSR count). The summed E-state index contributed by atoms with van der Waals surface area (Å²) in [6.07, 6.45) is -1.62. The smallest absolute Gasteiger partial charge is 0.310 e. The van der Waals surface area contributed by atoms with Crippen LogP contribution in [0.25, 0.3) is 0 Å². The van der Waals surface area contributed by atoms with Gasteiger partial charge in [-0.2, -0.15) is 0 Å². The molecule has 0 aliphatic carbocycles. The van der Waals surface area contributed by atoms with Crippen LogP contribution >= 0.6 is 15.9 Å². The number of alkyl halides is 2. The van der Waals surface area contributed by atoms with Crippen LogP contribution < -0.4 is 4.74 Å². The second-order valence-corrected chi connectivity index (χ2v) is 3.86. The van der Waals surface area contributed by atoms with E-state index < -0.39 is 18.1 Å². The molecule has 0 bridgehead atoms. The van der Waals surface area contributed by atoms with Crippen LogP contribution in [0.1, 0.15) is 17.7 Å². The lowest BCUT2D eigenvalue weighted by molar-refractivity contribution is -0.139. The van der Waals surface area contributed by atoms with Crippen molar-refractivity contribution >= 4 is 21.9 Å². The molecule has 0 N–H and O–H groups in total. The number of rotatable bonds is 4. The maximum atomic E-state index is 12.6. The molecule has 1 heterocycles. The highest BCUT2D eigenvalue weighted by atomic mass is 79.9. The molecule has 4 nitrogen and oxygen atoms in total. The Morgan fingerprint density at radius 2 is 2.18 bits per heavy atom. The van der Waals surface area contributed by atoms with Crippen LogP contribution in [0, 0.1) is 0 Å². The van der Waals surface area contributed by atoms with Gasteiger partial charge in [0, 0.05) is 11.8 Å². The SMILES string of the molecule is COC(=O)Cc1cnc(C(F)F)c(Br)c1OC. The van der Waals surface area contributed by atoms with Crippen LogP contribution in [0.3, 0.4) is 0 Å². The Balaban J connectivity index is 3.16. The third-order valence-corrected chi connectivity index (χ3v) is 2.81. The Morgan fingerprint density at radius 1 is 1.53 bits per heavy atom. The Labute approximate surface area is 105 Å². The zero-order valence-electron chi connectivity index (χ0n) is 9.17. The van der Waals surface area contributed by atoms with Crippen molar-refractivity contribution in [2.75, 3.05) is 14.2 Å². The molecular weight excluding hydrogens is 300 g/mol. The number of nitrogens with zero attached hydrogens (tertiary/aromatic N) is 1. The molecule has 17 heavy (non-hydrogen) atoms. The monoisotopic (exact) mass is 309 g/mol. The number of aromatic nitrogens is 1. The number of ether oxygens (including phenoxy) is 2. The van der Waals surface area contributed by atoms with Crippen LogP contribution in [-0.4, -0.2) is 25.2 Å². The molecule has 0 amide bonds. The number of hydrogen-bond acceptors (Lipinski definition) is 4. The van der Waals surface area contributed by atoms with Crippen molar-refractivity contribution in [3.05, 3.63) is 21.9 Å². The van der Waals surface area contributed by atoms with Crippen LogP contribution in [0.2, 0.25) is 0 Å². The largest absolute Gasteiger partial charge is 0.495 e. The van der Waals surface area contributed by atoms with Crippen molar-refractivity contribution in [3.8, 4) is 5.75 Å². The van der Waals surface area contributed by atoms with Gasteiger partial charge in [-0.05, 0) is 15.9 Å². The standard InChI is InChI=1S/C10H10BrF2NO3/c1-16-6(15)3-5-4-14-8(10(12)13)7(11)9(5)17-2/h4,10H,3H2,1-2H3. The van der Waals surface area contributed by atoms with E-state index in [9.17, 15) is 13.6 Å². The summed E-state index contributed by atoms with van der Waals surface area (Å²) in [5, 5.41) is 0. The van der Waals surface area contributed by atoms with Gasteiger partial charge in [0.05, 0.1) is 25.1 Å². The average molecular weight is 310 g/mol. The van der Waals surface area contributed by atoms with E-state index in [4.69, 9.17) is 4.74 Å². The zero-order valence-corrected chi connectivity index (χ0v) is 10.8. The topological polar surface area (TPSA) is 48.4 Å². The fourth-order valence-corrected chi connectivity index (χ4v) is 1.94. The second kappa shape index (κ2) is 5.90. The maximum Gasteiger partial charge on any atom is 0.310 e. The van der Waals surface area contributed by atoms with Crippen molar-refractivity contribution < 1.29 is 23.0 Å². The third-order valence-electron chi connectivity index (χ3n) is 2.05. The molecule has 0 fully saturated rings. The van der Waals surface area contributed by atoms with E-state index in [1.54, 1.807) is 0 Å². The summed E-state index contributed by atoms with van der Waals surface area (Å²) in [5.74, 6) is -0.331. The van der Waals surface area contributed by atoms with Gasteiger partial charge in [0.15, 0.2) is 0 Å². The second-order valence-electron chi connectivity index (χ2n) is 3.07. The van der Waals surface area contributed by atoms with Gasteiger partial charge in [-0.15, -0.1) is 0 Å². The van der Waals surface area contributed by atoms with Gasteiger partial charge < -0.3 is 9.47 Å². The molecule has 0 radical (unpaired) electrons. The normalized spacial score (nSPS) is 10.5. The van der Waals surface area contributed by atoms with Crippen molar-refractivity contribution in [2.45, 2.75) is 12.8 Å². The van der Waals surface area contributed by atoms with Crippen LogP contribution in [0.5, 0.6) is 5.75 Å². The van der Waals surface area contributed by atoms with E-state index in [-0.39, 0.29) is 16.6 Å². The molecule has 0 unspecified atom stereocenters. The van der Waals surface area contributed by atoms with Gasteiger partial charge in [0.25, 0.3) is 6.43 Å². The first kappa shape index (κ1) is 13.8. The van der Waals surface area contributed by atoms with Gasteiger partial charge in [0.1, 0.15) is 11.4 Å². The third kappa shape index (κ3) is 3.12. The van der Waals surface area contributed by atoms with Crippen molar-refractivity contribution in [1.29, 1.82) is 0 Å². The number of pyridine rings is 1. The van der Waals surface area contributed by atoms with Crippen molar-refractivity contribution in [3.63, 3.8) is 0 Å². The molecule has 0 aromatic carbocycles. The van der Waals surface area contributed by atoms with Gasteiger partial charge >= 0.3 is 5.97 Å². The molecule has 0 aliphatic rings.